The summed E-state index contributed by atoms with van der Waals surface area (Å²) in [6, 6.07) is 4.97. The van der Waals surface area contributed by atoms with Crippen molar-refractivity contribution in [1.82, 2.24) is 19.7 Å². The first-order valence-corrected chi connectivity index (χ1v) is 9.18. The molecule has 0 radical (unpaired) electrons. The van der Waals surface area contributed by atoms with E-state index in [-0.39, 0.29) is 25.6 Å². The third-order valence-electron chi connectivity index (χ3n) is 5.34. The van der Waals surface area contributed by atoms with Crippen molar-refractivity contribution >= 4 is 11.9 Å². The van der Waals surface area contributed by atoms with Gasteiger partial charge in [0.25, 0.3) is 5.91 Å². The highest BCUT2D eigenvalue weighted by molar-refractivity contribution is 5.84. The van der Waals surface area contributed by atoms with Gasteiger partial charge in [0.05, 0.1) is 13.1 Å². The monoisotopic (exact) mass is 370 g/mol. The van der Waals surface area contributed by atoms with Crippen molar-refractivity contribution in [2.75, 3.05) is 6.61 Å². The molecule has 27 heavy (non-hydrogen) atoms. The Balaban J connectivity index is 1.46. The Kier molecular flexibility index (Phi) is 4.55. The highest BCUT2D eigenvalue weighted by Crippen LogP contribution is 2.25. The lowest BCUT2D eigenvalue weighted by Crippen LogP contribution is -2.52. The second-order valence-electron chi connectivity index (χ2n) is 7.08. The summed E-state index contributed by atoms with van der Waals surface area (Å²) in [5, 5.41) is 17.5. The molecule has 1 aliphatic carbocycles. The van der Waals surface area contributed by atoms with Crippen LogP contribution in [0.3, 0.4) is 0 Å². The van der Waals surface area contributed by atoms with Crippen molar-refractivity contribution in [3.63, 3.8) is 0 Å². The molecule has 0 saturated heterocycles. The molecule has 1 aromatic heterocycles. The molecular weight excluding hydrogens is 348 g/mol. The van der Waals surface area contributed by atoms with Crippen molar-refractivity contribution in [3.8, 4) is 5.75 Å². The van der Waals surface area contributed by atoms with Gasteiger partial charge >= 0.3 is 5.97 Å². The molecule has 4 rings (SSSR count). The van der Waals surface area contributed by atoms with Crippen LogP contribution in [0.15, 0.2) is 18.2 Å². The minimum absolute atomic E-state index is 0.115. The molecule has 0 bridgehead atoms. The van der Waals surface area contributed by atoms with Gasteiger partial charge in [-0.25, -0.2) is 4.79 Å². The van der Waals surface area contributed by atoms with Crippen LogP contribution in [0.25, 0.3) is 0 Å². The number of fused-ring (bicyclic) bond motifs is 2. The molecular formula is C19H22N4O4. The van der Waals surface area contributed by atoms with Crippen LogP contribution >= 0.6 is 0 Å². The topological polar surface area (TPSA) is 97.5 Å². The molecule has 1 unspecified atom stereocenters. The van der Waals surface area contributed by atoms with Crippen LogP contribution in [0, 0.1) is 6.92 Å². The van der Waals surface area contributed by atoms with Crippen LogP contribution in [-0.4, -0.2) is 49.3 Å². The Morgan fingerprint density at radius 1 is 1.22 bits per heavy atom. The maximum atomic E-state index is 12.7. The molecule has 1 aromatic carbocycles. The van der Waals surface area contributed by atoms with Crippen LogP contribution < -0.4 is 4.74 Å². The van der Waals surface area contributed by atoms with Crippen molar-refractivity contribution < 1.29 is 19.4 Å². The number of ether oxygens (including phenoxy) is 1. The summed E-state index contributed by atoms with van der Waals surface area (Å²) in [4.78, 5) is 25.6. The van der Waals surface area contributed by atoms with Crippen LogP contribution in [0.2, 0.25) is 0 Å². The van der Waals surface area contributed by atoms with Crippen molar-refractivity contribution in [1.29, 1.82) is 0 Å². The van der Waals surface area contributed by atoms with Gasteiger partial charge < -0.3 is 19.3 Å². The van der Waals surface area contributed by atoms with E-state index >= 15 is 0 Å². The molecule has 2 aromatic rings. The van der Waals surface area contributed by atoms with Gasteiger partial charge in [-0.1, -0.05) is 6.07 Å². The summed E-state index contributed by atoms with van der Waals surface area (Å²) in [5.41, 5.74) is 2.62. The van der Waals surface area contributed by atoms with Gasteiger partial charge in [0.1, 0.15) is 17.6 Å². The Bertz CT molecular complexity index is 892. The van der Waals surface area contributed by atoms with Crippen LogP contribution in [0.1, 0.15) is 35.6 Å². The number of rotatable bonds is 4. The summed E-state index contributed by atoms with van der Waals surface area (Å²) in [6.07, 6.45) is 4.50. The molecule has 8 heteroatoms. The maximum Gasteiger partial charge on any atom is 0.328 e. The quantitative estimate of drug-likeness (QED) is 0.872. The van der Waals surface area contributed by atoms with Crippen molar-refractivity contribution in [2.24, 2.45) is 0 Å². The van der Waals surface area contributed by atoms with Gasteiger partial charge in [-0.3, -0.25) is 4.79 Å². The lowest BCUT2D eigenvalue weighted by Gasteiger charge is -2.33. The highest BCUT2D eigenvalue weighted by atomic mass is 16.5. The first kappa shape index (κ1) is 17.5. The smallest absolute Gasteiger partial charge is 0.328 e. The lowest BCUT2D eigenvalue weighted by atomic mass is 9.92. The van der Waals surface area contributed by atoms with E-state index in [0.717, 1.165) is 12.8 Å². The van der Waals surface area contributed by atoms with Crippen LogP contribution in [0.5, 0.6) is 5.75 Å². The minimum atomic E-state index is -1.05. The number of aliphatic carboxylic acids is 1. The van der Waals surface area contributed by atoms with Gasteiger partial charge in [0.2, 0.25) is 0 Å². The van der Waals surface area contributed by atoms with E-state index in [0.29, 0.717) is 17.4 Å². The molecule has 1 aliphatic heterocycles. The van der Waals surface area contributed by atoms with Gasteiger partial charge in [-0.15, -0.1) is 10.2 Å². The van der Waals surface area contributed by atoms with E-state index < -0.39 is 12.0 Å². The summed E-state index contributed by atoms with van der Waals surface area (Å²) in [5.74, 6) is 0.468. The number of carboxylic acid groups (broad SMARTS) is 1. The zero-order chi connectivity index (χ0) is 19.0. The van der Waals surface area contributed by atoms with E-state index in [1.54, 1.807) is 11.5 Å². The van der Waals surface area contributed by atoms with E-state index in [1.807, 2.05) is 12.1 Å². The van der Waals surface area contributed by atoms with E-state index in [2.05, 4.69) is 16.3 Å². The summed E-state index contributed by atoms with van der Waals surface area (Å²) in [7, 11) is 0. The first-order chi connectivity index (χ1) is 13.0. The number of nitrogens with zero attached hydrogens (tertiary/aromatic N) is 4. The Hall–Kier alpha value is -2.90. The number of hydrogen-bond acceptors (Lipinski definition) is 5. The van der Waals surface area contributed by atoms with Gasteiger partial charge in [-0.05, 0) is 55.9 Å². The van der Waals surface area contributed by atoms with E-state index in [1.165, 1.54) is 28.9 Å². The Morgan fingerprint density at radius 3 is 2.78 bits per heavy atom. The fourth-order valence-electron chi connectivity index (χ4n) is 3.81. The molecule has 8 nitrogen and oxygen atoms in total. The van der Waals surface area contributed by atoms with Crippen molar-refractivity contribution in [2.45, 2.75) is 51.7 Å². The highest BCUT2D eigenvalue weighted by Gasteiger charge is 2.36. The predicted molar refractivity (Wildman–Crippen MR) is 95.3 cm³/mol. The second-order valence-corrected chi connectivity index (χ2v) is 7.08. The van der Waals surface area contributed by atoms with Gasteiger partial charge in [-0.2, -0.15) is 0 Å². The number of aryl methyl sites for hydroxylation is 3. The first-order valence-electron chi connectivity index (χ1n) is 9.18. The van der Waals surface area contributed by atoms with Gasteiger partial charge in [0.15, 0.2) is 12.4 Å². The van der Waals surface area contributed by atoms with Crippen molar-refractivity contribution in [3.05, 3.63) is 41.0 Å². The number of benzene rings is 1. The Morgan fingerprint density at radius 2 is 2.00 bits per heavy atom. The fraction of sp³-hybridized carbons (Fsp3) is 0.474. The molecule has 2 heterocycles. The second kappa shape index (κ2) is 7.02. The zero-order valence-electron chi connectivity index (χ0n) is 15.2. The summed E-state index contributed by atoms with van der Waals surface area (Å²) in [6.45, 7) is 1.83. The predicted octanol–water partition coefficient (Wildman–Crippen LogP) is 1.34. The fourth-order valence-corrected chi connectivity index (χ4v) is 3.81. The summed E-state index contributed by atoms with van der Waals surface area (Å²) < 4.78 is 7.42. The minimum Gasteiger partial charge on any atom is -0.484 e. The van der Waals surface area contributed by atoms with Crippen LogP contribution in [-0.2, 0) is 35.5 Å². The van der Waals surface area contributed by atoms with Crippen LogP contribution in [0.4, 0.5) is 0 Å². The molecule has 1 N–H and O–H groups in total. The number of carbonyl (C=O) groups excluding carboxylic acids is 1. The molecule has 0 spiro atoms. The third kappa shape index (κ3) is 3.39. The number of carbonyl (C=O) groups is 2. The number of aromatic nitrogens is 3. The molecule has 2 aliphatic rings. The average molecular weight is 370 g/mol. The molecule has 0 fully saturated rings. The third-order valence-corrected chi connectivity index (χ3v) is 5.34. The SMILES string of the molecule is Cc1nnc2n1CC(C(=O)O)N(C(=O)COc1ccc3c(c1)CCCC3)C2. The molecule has 0 saturated carbocycles. The molecule has 1 amide bonds. The van der Waals surface area contributed by atoms with E-state index in [4.69, 9.17) is 4.74 Å². The summed E-state index contributed by atoms with van der Waals surface area (Å²) >= 11 is 0. The maximum absolute atomic E-state index is 12.7. The number of hydrogen-bond donors (Lipinski definition) is 1. The molecule has 142 valence electrons. The largest absolute Gasteiger partial charge is 0.484 e. The van der Waals surface area contributed by atoms with Gasteiger partial charge in [0, 0.05) is 0 Å². The average Bonchev–Trinajstić information content (AvgIpc) is 3.05. The zero-order valence-corrected chi connectivity index (χ0v) is 15.2. The standard InChI is InChI=1S/C19H22N4O4/c1-12-20-21-17-10-23(16(19(25)26)9-22(12)17)18(24)11-27-15-7-6-13-4-2-3-5-14(13)8-15/h6-8,16H,2-5,9-11H2,1H3,(H,25,26). The van der Waals surface area contributed by atoms with E-state index in [9.17, 15) is 14.7 Å². The normalized spacial score (nSPS) is 18.6. The Labute approximate surface area is 156 Å². The number of carboxylic acids is 1. The lowest BCUT2D eigenvalue weighted by molar-refractivity contribution is -0.153. The molecule has 1 atom stereocenters. The number of amides is 1.